The molecule has 7 heteroatoms. The van der Waals surface area contributed by atoms with Gasteiger partial charge in [0.1, 0.15) is 0 Å². The first-order valence-corrected chi connectivity index (χ1v) is 8.83. The maximum Gasteiger partial charge on any atom is 0.295 e. The average Bonchev–Trinajstić information content (AvgIpc) is 2.75. The van der Waals surface area contributed by atoms with Crippen LogP contribution in [0.2, 0.25) is 10.0 Å². The van der Waals surface area contributed by atoms with Crippen LogP contribution in [0.25, 0.3) is 0 Å². The van der Waals surface area contributed by atoms with E-state index in [2.05, 4.69) is 5.32 Å². The molecule has 2 aromatic rings. The molecular formula is C17H14Cl2N2O2S. The maximum atomic E-state index is 12.6. The van der Waals surface area contributed by atoms with E-state index < -0.39 is 5.37 Å². The fourth-order valence-corrected chi connectivity index (χ4v) is 3.82. The van der Waals surface area contributed by atoms with Crippen molar-refractivity contribution < 1.29 is 9.59 Å². The van der Waals surface area contributed by atoms with Gasteiger partial charge in [0.05, 0.1) is 5.69 Å². The lowest BCUT2D eigenvalue weighted by Crippen LogP contribution is -2.34. The third-order valence-electron chi connectivity index (χ3n) is 3.75. The number of thioether (sulfide) groups is 1. The van der Waals surface area contributed by atoms with Crippen LogP contribution in [0.15, 0.2) is 36.4 Å². The van der Waals surface area contributed by atoms with Crippen LogP contribution in [-0.2, 0) is 4.79 Å². The second-order valence-electron chi connectivity index (χ2n) is 5.51. The molecule has 1 aliphatic rings. The summed E-state index contributed by atoms with van der Waals surface area (Å²) in [6.45, 7) is 3.93. The minimum absolute atomic E-state index is 0.311. The molecule has 24 heavy (non-hydrogen) atoms. The Bertz CT molecular complexity index is 821. The predicted octanol–water partition coefficient (Wildman–Crippen LogP) is 5.25. The van der Waals surface area contributed by atoms with Crippen molar-refractivity contribution in [1.29, 1.82) is 0 Å². The van der Waals surface area contributed by atoms with Crippen LogP contribution in [0, 0.1) is 13.8 Å². The molecule has 4 nitrogen and oxygen atoms in total. The number of hydrogen-bond donors (Lipinski definition) is 1. The number of imide groups is 1. The van der Waals surface area contributed by atoms with Crippen molar-refractivity contribution in [1.82, 2.24) is 0 Å². The van der Waals surface area contributed by atoms with Gasteiger partial charge in [0.2, 0.25) is 0 Å². The SMILES string of the molecule is Cc1ccc(N2C(=O)SC(Nc3cc(Cl)cc(Cl)c3)C2=O)cc1C. The van der Waals surface area contributed by atoms with Gasteiger partial charge in [-0.3, -0.25) is 9.59 Å². The third kappa shape index (κ3) is 3.38. The molecule has 1 saturated heterocycles. The van der Waals surface area contributed by atoms with Gasteiger partial charge in [0.25, 0.3) is 11.1 Å². The molecule has 1 unspecified atom stereocenters. The second-order valence-corrected chi connectivity index (χ2v) is 7.44. The Hall–Kier alpha value is -1.69. The van der Waals surface area contributed by atoms with Crippen LogP contribution in [0.5, 0.6) is 0 Å². The molecule has 2 amide bonds. The molecule has 0 aliphatic carbocycles. The number of hydrogen-bond acceptors (Lipinski definition) is 4. The van der Waals surface area contributed by atoms with Crippen LogP contribution in [0.1, 0.15) is 11.1 Å². The van der Waals surface area contributed by atoms with E-state index in [1.165, 1.54) is 4.90 Å². The molecule has 1 aliphatic heterocycles. The first-order valence-electron chi connectivity index (χ1n) is 7.19. The smallest absolute Gasteiger partial charge is 0.295 e. The van der Waals surface area contributed by atoms with Crippen molar-refractivity contribution in [3.8, 4) is 0 Å². The summed E-state index contributed by atoms with van der Waals surface area (Å²) < 4.78 is 0. The number of carbonyl (C=O) groups excluding carboxylic acids is 2. The molecular weight excluding hydrogens is 367 g/mol. The molecule has 0 aromatic heterocycles. The summed E-state index contributed by atoms with van der Waals surface area (Å²) in [5, 5.41) is 2.90. The van der Waals surface area contributed by atoms with Gasteiger partial charge in [0, 0.05) is 15.7 Å². The predicted molar refractivity (Wildman–Crippen MR) is 100 cm³/mol. The number of nitrogens with zero attached hydrogens (tertiary/aromatic N) is 1. The van der Waals surface area contributed by atoms with E-state index in [4.69, 9.17) is 23.2 Å². The average molecular weight is 381 g/mol. The van der Waals surface area contributed by atoms with Crippen LogP contribution < -0.4 is 10.2 Å². The van der Waals surface area contributed by atoms with Gasteiger partial charge in [-0.05, 0) is 67.1 Å². The highest BCUT2D eigenvalue weighted by atomic mass is 35.5. The van der Waals surface area contributed by atoms with Crippen molar-refractivity contribution in [3.05, 3.63) is 57.6 Å². The Morgan fingerprint density at radius 1 is 1.00 bits per heavy atom. The summed E-state index contributed by atoms with van der Waals surface area (Å²) in [5.74, 6) is -0.315. The molecule has 0 saturated carbocycles. The molecule has 0 radical (unpaired) electrons. The highest BCUT2D eigenvalue weighted by Crippen LogP contribution is 2.34. The lowest BCUT2D eigenvalue weighted by molar-refractivity contribution is -0.116. The van der Waals surface area contributed by atoms with Crippen LogP contribution >= 0.6 is 35.0 Å². The van der Waals surface area contributed by atoms with Crippen molar-refractivity contribution in [2.24, 2.45) is 0 Å². The third-order valence-corrected chi connectivity index (χ3v) is 5.13. The number of carbonyl (C=O) groups is 2. The summed E-state index contributed by atoms with van der Waals surface area (Å²) in [4.78, 5) is 26.1. The number of benzene rings is 2. The topological polar surface area (TPSA) is 49.4 Å². The van der Waals surface area contributed by atoms with E-state index in [9.17, 15) is 9.59 Å². The van der Waals surface area contributed by atoms with Crippen LogP contribution in [0.4, 0.5) is 16.2 Å². The zero-order valence-corrected chi connectivity index (χ0v) is 15.3. The Morgan fingerprint density at radius 3 is 2.29 bits per heavy atom. The number of anilines is 2. The van der Waals surface area contributed by atoms with Crippen molar-refractivity contribution in [3.63, 3.8) is 0 Å². The highest BCUT2D eigenvalue weighted by Gasteiger charge is 2.40. The summed E-state index contributed by atoms with van der Waals surface area (Å²) in [6.07, 6.45) is 0. The van der Waals surface area contributed by atoms with E-state index in [1.54, 1.807) is 24.3 Å². The highest BCUT2D eigenvalue weighted by molar-refractivity contribution is 8.16. The number of halogens is 2. The summed E-state index contributed by atoms with van der Waals surface area (Å²) >= 11 is 12.9. The molecule has 1 fully saturated rings. The summed E-state index contributed by atoms with van der Waals surface area (Å²) in [6, 6.07) is 10.4. The molecule has 1 N–H and O–H groups in total. The van der Waals surface area contributed by atoms with Crippen molar-refractivity contribution >= 4 is 57.5 Å². The Labute approximate surface area is 154 Å². The fourth-order valence-electron chi connectivity index (χ4n) is 2.39. The van der Waals surface area contributed by atoms with Crippen LogP contribution in [-0.4, -0.2) is 16.5 Å². The van der Waals surface area contributed by atoms with Gasteiger partial charge in [0.15, 0.2) is 5.37 Å². The van der Waals surface area contributed by atoms with Gasteiger partial charge >= 0.3 is 0 Å². The van der Waals surface area contributed by atoms with Crippen molar-refractivity contribution in [2.75, 3.05) is 10.2 Å². The normalized spacial score (nSPS) is 17.5. The van der Waals surface area contributed by atoms with Gasteiger partial charge in [-0.15, -0.1) is 0 Å². The minimum atomic E-state index is -0.714. The van der Waals surface area contributed by atoms with E-state index in [0.717, 1.165) is 22.9 Å². The van der Waals surface area contributed by atoms with E-state index in [0.29, 0.717) is 21.4 Å². The summed E-state index contributed by atoms with van der Waals surface area (Å²) in [5.41, 5.74) is 3.30. The molecule has 0 bridgehead atoms. The van der Waals surface area contributed by atoms with Gasteiger partial charge in [-0.25, -0.2) is 4.90 Å². The molecule has 124 valence electrons. The quantitative estimate of drug-likeness (QED) is 0.789. The molecule has 1 heterocycles. The van der Waals surface area contributed by atoms with Gasteiger partial charge in [-0.2, -0.15) is 0 Å². The fraction of sp³-hybridized carbons (Fsp3) is 0.176. The van der Waals surface area contributed by atoms with E-state index in [-0.39, 0.29) is 11.1 Å². The van der Waals surface area contributed by atoms with Crippen molar-refractivity contribution in [2.45, 2.75) is 19.2 Å². The number of nitrogens with one attached hydrogen (secondary N) is 1. The van der Waals surface area contributed by atoms with Crippen LogP contribution in [0.3, 0.4) is 0 Å². The first kappa shape index (κ1) is 17.1. The number of amides is 2. The number of rotatable bonds is 3. The lowest BCUT2D eigenvalue weighted by atomic mass is 10.1. The summed E-state index contributed by atoms with van der Waals surface area (Å²) in [7, 11) is 0. The Balaban J connectivity index is 1.84. The molecule has 2 aromatic carbocycles. The molecule has 0 spiro atoms. The zero-order valence-electron chi connectivity index (χ0n) is 13.0. The number of aryl methyl sites for hydroxylation is 2. The second kappa shape index (κ2) is 6.67. The first-order chi connectivity index (χ1) is 11.3. The monoisotopic (exact) mass is 380 g/mol. The Kier molecular flexibility index (Phi) is 4.76. The van der Waals surface area contributed by atoms with Gasteiger partial charge < -0.3 is 5.32 Å². The Morgan fingerprint density at radius 2 is 1.67 bits per heavy atom. The standard InChI is InChI=1S/C17H14Cl2N2O2S/c1-9-3-4-14(5-10(9)2)21-16(22)15(24-17(21)23)20-13-7-11(18)6-12(19)8-13/h3-8,15,20H,1-2H3. The zero-order chi connectivity index (χ0) is 17.4. The van der Waals surface area contributed by atoms with E-state index in [1.807, 2.05) is 26.0 Å². The maximum absolute atomic E-state index is 12.6. The minimum Gasteiger partial charge on any atom is -0.365 e. The van der Waals surface area contributed by atoms with E-state index >= 15 is 0 Å². The largest absolute Gasteiger partial charge is 0.365 e. The lowest BCUT2D eigenvalue weighted by Gasteiger charge is -2.16. The molecule has 1 atom stereocenters. The molecule has 3 rings (SSSR count). The van der Waals surface area contributed by atoms with Gasteiger partial charge in [-0.1, -0.05) is 29.3 Å².